The Bertz CT molecular complexity index is 321. The van der Waals surface area contributed by atoms with Crippen molar-refractivity contribution in [2.75, 3.05) is 13.1 Å². The van der Waals surface area contributed by atoms with Crippen molar-refractivity contribution in [3.05, 3.63) is 20.8 Å². The van der Waals surface area contributed by atoms with Crippen molar-refractivity contribution in [2.24, 2.45) is 11.8 Å². The van der Waals surface area contributed by atoms with Crippen molar-refractivity contribution in [3.63, 3.8) is 0 Å². The first-order valence-electron chi connectivity index (χ1n) is 5.63. The molecule has 0 radical (unpaired) electrons. The largest absolute Gasteiger partial charge is 0.316 e. The van der Waals surface area contributed by atoms with E-state index in [1.807, 2.05) is 11.3 Å². The maximum absolute atomic E-state index is 3.55. The Labute approximate surface area is 104 Å². The molecule has 2 heterocycles. The van der Waals surface area contributed by atoms with Gasteiger partial charge < -0.3 is 5.32 Å². The van der Waals surface area contributed by atoms with Crippen LogP contribution in [0.5, 0.6) is 0 Å². The molecule has 0 aliphatic carbocycles. The molecule has 1 fully saturated rings. The molecule has 0 saturated carbocycles. The van der Waals surface area contributed by atoms with Gasteiger partial charge in [-0.05, 0) is 59.3 Å². The summed E-state index contributed by atoms with van der Waals surface area (Å²) in [5, 5.41) is 5.72. The molecule has 15 heavy (non-hydrogen) atoms. The Balaban J connectivity index is 2.17. The lowest BCUT2D eigenvalue weighted by Crippen LogP contribution is -2.37. The molecule has 1 aliphatic rings. The van der Waals surface area contributed by atoms with Gasteiger partial charge in [-0.25, -0.2) is 0 Å². The summed E-state index contributed by atoms with van der Waals surface area (Å²) < 4.78 is 1.24. The van der Waals surface area contributed by atoms with Crippen LogP contribution < -0.4 is 5.32 Å². The highest BCUT2D eigenvalue weighted by Gasteiger charge is 2.29. The predicted molar refractivity (Wildman–Crippen MR) is 70.6 cm³/mol. The van der Waals surface area contributed by atoms with Gasteiger partial charge in [0.05, 0.1) is 0 Å². The van der Waals surface area contributed by atoms with Gasteiger partial charge in [0.1, 0.15) is 0 Å². The monoisotopic (exact) mass is 287 g/mol. The number of hydrogen-bond acceptors (Lipinski definition) is 2. The van der Waals surface area contributed by atoms with Crippen LogP contribution >= 0.6 is 27.3 Å². The minimum Gasteiger partial charge on any atom is -0.316 e. The van der Waals surface area contributed by atoms with Crippen LogP contribution in [0.25, 0.3) is 0 Å². The molecule has 1 aromatic rings. The number of rotatable bonds is 2. The first kappa shape index (κ1) is 11.6. The zero-order valence-corrected chi connectivity index (χ0v) is 11.7. The molecular weight excluding hydrogens is 270 g/mol. The molecule has 2 rings (SSSR count). The minimum absolute atomic E-state index is 0.766. The first-order chi connectivity index (χ1) is 7.18. The second kappa shape index (κ2) is 4.98. The number of hydrogen-bond donors (Lipinski definition) is 1. The lowest BCUT2D eigenvalue weighted by atomic mass is 9.78. The summed E-state index contributed by atoms with van der Waals surface area (Å²) in [7, 11) is 0. The average Bonchev–Trinajstić information content (AvgIpc) is 2.65. The van der Waals surface area contributed by atoms with Crippen LogP contribution in [0.4, 0.5) is 0 Å². The summed E-state index contributed by atoms with van der Waals surface area (Å²) in [6.45, 7) is 7.03. The summed E-state index contributed by atoms with van der Waals surface area (Å²) in [6.07, 6.45) is 1.29. The SMILES string of the molecule is CC(C)C1CNCCC1c1cc(Br)cs1. The van der Waals surface area contributed by atoms with Gasteiger partial charge in [0.25, 0.3) is 0 Å². The molecule has 1 N–H and O–H groups in total. The van der Waals surface area contributed by atoms with E-state index in [0.717, 1.165) is 17.8 Å². The summed E-state index contributed by atoms with van der Waals surface area (Å²) in [5.41, 5.74) is 0. The van der Waals surface area contributed by atoms with E-state index in [0.29, 0.717) is 0 Å². The lowest BCUT2D eigenvalue weighted by Gasteiger charge is -2.34. The van der Waals surface area contributed by atoms with E-state index < -0.39 is 0 Å². The maximum Gasteiger partial charge on any atom is 0.0285 e. The van der Waals surface area contributed by atoms with E-state index in [9.17, 15) is 0 Å². The summed E-state index contributed by atoms with van der Waals surface area (Å²) in [4.78, 5) is 1.56. The Morgan fingerprint density at radius 1 is 1.53 bits per heavy atom. The molecule has 1 aliphatic heterocycles. The Morgan fingerprint density at radius 3 is 2.93 bits per heavy atom. The number of piperidine rings is 1. The zero-order valence-electron chi connectivity index (χ0n) is 9.29. The Hall–Kier alpha value is 0.140. The second-order valence-electron chi connectivity index (χ2n) is 4.67. The molecule has 3 heteroatoms. The molecule has 0 aromatic carbocycles. The van der Waals surface area contributed by atoms with Gasteiger partial charge in [-0.15, -0.1) is 11.3 Å². The highest BCUT2D eigenvalue weighted by atomic mass is 79.9. The van der Waals surface area contributed by atoms with Crippen LogP contribution in [0.3, 0.4) is 0 Å². The third-order valence-electron chi connectivity index (χ3n) is 3.34. The van der Waals surface area contributed by atoms with Crippen LogP contribution in [0, 0.1) is 11.8 Å². The fraction of sp³-hybridized carbons (Fsp3) is 0.667. The van der Waals surface area contributed by atoms with Gasteiger partial charge in [-0.3, -0.25) is 0 Å². The van der Waals surface area contributed by atoms with E-state index in [1.54, 1.807) is 4.88 Å². The molecular formula is C12H18BrNS. The Kier molecular flexibility index (Phi) is 3.86. The van der Waals surface area contributed by atoms with E-state index >= 15 is 0 Å². The fourth-order valence-electron chi connectivity index (χ4n) is 2.46. The van der Waals surface area contributed by atoms with E-state index in [2.05, 4.69) is 46.5 Å². The summed E-state index contributed by atoms with van der Waals surface area (Å²) >= 11 is 5.45. The van der Waals surface area contributed by atoms with Crippen LogP contribution in [-0.4, -0.2) is 13.1 Å². The molecule has 0 spiro atoms. The Morgan fingerprint density at radius 2 is 2.33 bits per heavy atom. The van der Waals surface area contributed by atoms with Crippen molar-refractivity contribution >= 4 is 27.3 Å². The third-order valence-corrected chi connectivity index (χ3v) is 5.16. The normalized spacial score (nSPS) is 27.2. The molecule has 0 bridgehead atoms. The van der Waals surface area contributed by atoms with Crippen molar-refractivity contribution in [1.29, 1.82) is 0 Å². The van der Waals surface area contributed by atoms with Crippen LogP contribution in [-0.2, 0) is 0 Å². The van der Waals surface area contributed by atoms with Crippen molar-refractivity contribution < 1.29 is 0 Å². The molecule has 0 amide bonds. The second-order valence-corrected chi connectivity index (χ2v) is 6.53. The smallest absolute Gasteiger partial charge is 0.0285 e. The van der Waals surface area contributed by atoms with Gasteiger partial charge in [0, 0.05) is 14.7 Å². The zero-order chi connectivity index (χ0) is 10.8. The van der Waals surface area contributed by atoms with Crippen LogP contribution in [0.2, 0.25) is 0 Å². The van der Waals surface area contributed by atoms with E-state index in [-0.39, 0.29) is 0 Å². The standard InChI is InChI=1S/C12H18BrNS/c1-8(2)11-6-14-4-3-10(11)12-5-9(13)7-15-12/h5,7-8,10-11,14H,3-4,6H2,1-2H3. The van der Waals surface area contributed by atoms with Gasteiger partial charge in [-0.2, -0.15) is 0 Å². The average molecular weight is 288 g/mol. The van der Waals surface area contributed by atoms with E-state index in [4.69, 9.17) is 0 Å². The minimum atomic E-state index is 0.766. The predicted octanol–water partition coefficient (Wildman–Crippen LogP) is 3.86. The highest BCUT2D eigenvalue weighted by Crippen LogP contribution is 2.38. The number of halogens is 1. The van der Waals surface area contributed by atoms with Crippen LogP contribution in [0.1, 0.15) is 31.1 Å². The quantitative estimate of drug-likeness (QED) is 0.871. The lowest BCUT2D eigenvalue weighted by molar-refractivity contribution is 0.258. The highest BCUT2D eigenvalue weighted by molar-refractivity contribution is 9.10. The first-order valence-corrected chi connectivity index (χ1v) is 7.30. The summed E-state index contributed by atoms with van der Waals surface area (Å²) in [5.74, 6) is 2.33. The van der Waals surface area contributed by atoms with Gasteiger partial charge in [0.15, 0.2) is 0 Å². The maximum atomic E-state index is 3.55. The molecule has 2 unspecified atom stereocenters. The topological polar surface area (TPSA) is 12.0 Å². The molecule has 1 nitrogen and oxygen atoms in total. The fourth-order valence-corrected chi connectivity index (χ4v) is 4.12. The van der Waals surface area contributed by atoms with Crippen molar-refractivity contribution in [1.82, 2.24) is 5.32 Å². The third kappa shape index (κ3) is 2.63. The van der Waals surface area contributed by atoms with Crippen LogP contribution in [0.15, 0.2) is 15.9 Å². The molecule has 1 saturated heterocycles. The van der Waals surface area contributed by atoms with Gasteiger partial charge in [0.2, 0.25) is 0 Å². The van der Waals surface area contributed by atoms with E-state index in [1.165, 1.54) is 24.0 Å². The van der Waals surface area contributed by atoms with Crippen molar-refractivity contribution in [2.45, 2.75) is 26.2 Å². The molecule has 2 atom stereocenters. The van der Waals surface area contributed by atoms with Crippen molar-refractivity contribution in [3.8, 4) is 0 Å². The molecule has 84 valence electrons. The number of nitrogens with one attached hydrogen (secondary N) is 1. The van der Waals surface area contributed by atoms with Gasteiger partial charge >= 0.3 is 0 Å². The summed E-state index contributed by atoms with van der Waals surface area (Å²) in [6, 6.07) is 2.30. The number of thiophene rings is 1. The van der Waals surface area contributed by atoms with Gasteiger partial charge in [-0.1, -0.05) is 13.8 Å². The molecule has 1 aromatic heterocycles.